The number of hydrogen-bond acceptors (Lipinski definition) is 3. The zero-order chi connectivity index (χ0) is 14.5. The lowest BCUT2D eigenvalue weighted by molar-refractivity contribution is 0.112. The fourth-order valence-corrected chi connectivity index (χ4v) is 2.23. The monoisotopic (exact) mass is 277 g/mol. The Morgan fingerprint density at radius 3 is 2.57 bits per heavy atom. The Labute approximate surface area is 123 Å². The van der Waals surface area contributed by atoms with Crippen molar-refractivity contribution in [1.29, 1.82) is 0 Å². The van der Waals surface area contributed by atoms with Crippen molar-refractivity contribution < 1.29 is 4.79 Å². The van der Waals surface area contributed by atoms with Gasteiger partial charge < -0.3 is 4.57 Å². The molecule has 4 nitrogen and oxygen atoms in total. The molecule has 3 aromatic rings. The SMILES string of the molecule is O=Cc1ccnc(Cc2ccc(Cn3ccnc3)cc2)c1. The highest BCUT2D eigenvalue weighted by Gasteiger charge is 2.00. The van der Waals surface area contributed by atoms with E-state index in [-0.39, 0.29) is 0 Å². The maximum absolute atomic E-state index is 10.8. The summed E-state index contributed by atoms with van der Waals surface area (Å²) >= 11 is 0. The second-order valence-corrected chi connectivity index (χ2v) is 4.93. The Kier molecular flexibility index (Phi) is 3.87. The van der Waals surface area contributed by atoms with Gasteiger partial charge in [-0.2, -0.15) is 0 Å². The van der Waals surface area contributed by atoms with Crippen molar-refractivity contribution in [2.75, 3.05) is 0 Å². The van der Waals surface area contributed by atoms with E-state index in [0.29, 0.717) is 5.56 Å². The van der Waals surface area contributed by atoms with Crippen LogP contribution in [0.2, 0.25) is 0 Å². The van der Waals surface area contributed by atoms with Crippen molar-refractivity contribution >= 4 is 6.29 Å². The highest BCUT2D eigenvalue weighted by molar-refractivity contribution is 5.74. The molecule has 3 rings (SSSR count). The van der Waals surface area contributed by atoms with Gasteiger partial charge in [0.1, 0.15) is 6.29 Å². The van der Waals surface area contributed by atoms with Gasteiger partial charge in [0.05, 0.1) is 6.33 Å². The largest absolute Gasteiger partial charge is 0.333 e. The molecule has 4 heteroatoms. The first-order chi connectivity index (χ1) is 10.3. The van der Waals surface area contributed by atoms with Gasteiger partial charge in [0.2, 0.25) is 0 Å². The molecule has 21 heavy (non-hydrogen) atoms. The summed E-state index contributed by atoms with van der Waals surface area (Å²) in [6.07, 6.45) is 8.78. The molecule has 0 atom stereocenters. The van der Waals surface area contributed by atoms with E-state index in [2.05, 4.69) is 34.2 Å². The predicted molar refractivity (Wildman–Crippen MR) is 80.2 cm³/mol. The van der Waals surface area contributed by atoms with Crippen LogP contribution in [0.4, 0.5) is 0 Å². The molecule has 104 valence electrons. The molecule has 0 aliphatic rings. The second-order valence-electron chi connectivity index (χ2n) is 4.93. The number of rotatable bonds is 5. The Hall–Kier alpha value is -2.75. The lowest BCUT2D eigenvalue weighted by atomic mass is 10.1. The average Bonchev–Trinajstić information content (AvgIpc) is 3.02. The van der Waals surface area contributed by atoms with Gasteiger partial charge in [0.25, 0.3) is 0 Å². The van der Waals surface area contributed by atoms with E-state index in [0.717, 1.165) is 24.9 Å². The molecule has 0 bridgehead atoms. The van der Waals surface area contributed by atoms with E-state index in [1.807, 2.05) is 23.2 Å². The van der Waals surface area contributed by atoms with Gasteiger partial charge in [-0.05, 0) is 23.3 Å². The Morgan fingerprint density at radius 2 is 1.86 bits per heavy atom. The molecule has 1 aromatic carbocycles. The van der Waals surface area contributed by atoms with Gasteiger partial charge in [-0.25, -0.2) is 4.98 Å². The zero-order valence-corrected chi connectivity index (χ0v) is 11.5. The van der Waals surface area contributed by atoms with E-state index in [1.54, 1.807) is 18.5 Å². The van der Waals surface area contributed by atoms with E-state index in [4.69, 9.17) is 0 Å². The molecular weight excluding hydrogens is 262 g/mol. The summed E-state index contributed by atoms with van der Waals surface area (Å²) in [6.45, 7) is 0.819. The van der Waals surface area contributed by atoms with Crippen LogP contribution in [-0.4, -0.2) is 20.8 Å². The van der Waals surface area contributed by atoms with Crippen LogP contribution in [-0.2, 0) is 13.0 Å². The summed E-state index contributed by atoms with van der Waals surface area (Å²) in [4.78, 5) is 19.1. The first kappa shape index (κ1) is 13.2. The summed E-state index contributed by atoms with van der Waals surface area (Å²) in [7, 11) is 0. The van der Waals surface area contributed by atoms with Gasteiger partial charge in [-0.1, -0.05) is 24.3 Å². The number of carbonyl (C=O) groups excluding carboxylic acids is 1. The number of benzene rings is 1. The molecule has 0 fully saturated rings. The summed E-state index contributed by atoms with van der Waals surface area (Å²) in [5, 5.41) is 0. The summed E-state index contributed by atoms with van der Waals surface area (Å²) in [6, 6.07) is 12.0. The third kappa shape index (κ3) is 3.42. The fourth-order valence-electron chi connectivity index (χ4n) is 2.23. The Bertz CT molecular complexity index is 718. The van der Waals surface area contributed by atoms with Crippen molar-refractivity contribution in [3.8, 4) is 0 Å². The molecule has 0 saturated heterocycles. The van der Waals surface area contributed by atoms with Gasteiger partial charge in [0.15, 0.2) is 0 Å². The topological polar surface area (TPSA) is 47.8 Å². The molecule has 2 heterocycles. The summed E-state index contributed by atoms with van der Waals surface area (Å²) in [5.74, 6) is 0. The van der Waals surface area contributed by atoms with Crippen LogP contribution in [0, 0.1) is 0 Å². The third-order valence-electron chi connectivity index (χ3n) is 3.31. The molecule has 0 saturated carbocycles. The molecule has 0 aliphatic heterocycles. The van der Waals surface area contributed by atoms with Crippen LogP contribution in [0.1, 0.15) is 27.2 Å². The smallest absolute Gasteiger partial charge is 0.150 e. The molecule has 0 unspecified atom stereocenters. The molecule has 2 aromatic heterocycles. The first-order valence-electron chi connectivity index (χ1n) is 6.77. The number of hydrogen-bond donors (Lipinski definition) is 0. The molecule has 0 N–H and O–H groups in total. The van der Waals surface area contributed by atoms with Crippen LogP contribution in [0.3, 0.4) is 0 Å². The minimum absolute atomic E-state index is 0.664. The zero-order valence-electron chi connectivity index (χ0n) is 11.5. The quantitative estimate of drug-likeness (QED) is 0.674. The van der Waals surface area contributed by atoms with E-state index < -0.39 is 0 Å². The Balaban J connectivity index is 1.70. The maximum atomic E-state index is 10.8. The fraction of sp³-hybridized carbons (Fsp3) is 0.118. The normalized spacial score (nSPS) is 10.5. The van der Waals surface area contributed by atoms with Gasteiger partial charge in [0, 0.05) is 42.8 Å². The lowest BCUT2D eigenvalue weighted by Crippen LogP contribution is -1.97. The highest BCUT2D eigenvalue weighted by atomic mass is 16.1. The van der Waals surface area contributed by atoms with E-state index in [1.165, 1.54) is 11.1 Å². The average molecular weight is 277 g/mol. The number of aromatic nitrogens is 3. The van der Waals surface area contributed by atoms with Crippen molar-refractivity contribution in [3.05, 3.63) is 83.7 Å². The van der Waals surface area contributed by atoms with Gasteiger partial charge in [-0.15, -0.1) is 0 Å². The van der Waals surface area contributed by atoms with Gasteiger partial charge >= 0.3 is 0 Å². The summed E-state index contributed by atoms with van der Waals surface area (Å²) in [5.41, 5.74) is 3.98. The van der Waals surface area contributed by atoms with Crippen molar-refractivity contribution in [2.24, 2.45) is 0 Å². The number of carbonyl (C=O) groups is 1. The second kappa shape index (κ2) is 6.13. The van der Waals surface area contributed by atoms with E-state index >= 15 is 0 Å². The molecule has 0 aliphatic carbocycles. The molecular formula is C17H15N3O. The highest BCUT2D eigenvalue weighted by Crippen LogP contribution is 2.11. The van der Waals surface area contributed by atoms with Crippen LogP contribution in [0.25, 0.3) is 0 Å². The summed E-state index contributed by atoms with van der Waals surface area (Å²) < 4.78 is 2.03. The first-order valence-corrected chi connectivity index (χ1v) is 6.77. The van der Waals surface area contributed by atoms with Crippen molar-refractivity contribution in [3.63, 3.8) is 0 Å². The Morgan fingerprint density at radius 1 is 1.05 bits per heavy atom. The number of pyridine rings is 1. The minimum Gasteiger partial charge on any atom is -0.333 e. The minimum atomic E-state index is 0.664. The predicted octanol–water partition coefficient (Wildman–Crippen LogP) is 2.73. The van der Waals surface area contributed by atoms with E-state index in [9.17, 15) is 4.79 Å². The maximum Gasteiger partial charge on any atom is 0.150 e. The standard InChI is InChI=1S/C17H15N3O/c21-12-16-5-6-19-17(10-16)9-14-1-3-15(4-2-14)11-20-8-7-18-13-20/h1-8,10,12-13H,9,11H2. The number of aldehydes is 1. The molecule has 0 spiro atoms. The number of imidazole rings is 1. The third-order valence-corrected chi connectivity index (χ3v) is 3.31. The molecule has 0 radical (unpaired) electrons. The molecule has 0 amide bonds. The van der Waals surface area contributed by atoms with Crippen molar-refractivity contribution in [2.45, 2.75) is 13.0 Å². The van der Waals surface area contributed by atoms with Crippen LogP contribution < -0.4 is 0 Å². The van der Waals surface area contributed by atoms with Crippen molar-refractivity contribution in [1.82, 2.24) is 14.5 Å². The number of nitrogens with zero attached hydrogens (tertiary/aromatic N) is 3. The van der Waals surface area contributed by atoms with Crippen LogP contribution in [0.15, 0.2) is 61.3 Å². The van der Waals surface area contributed by atoms with Crippen LogP contribution >= 0.6 is 0 Å². The van der Waals surface area contributed by atoms with Gasteiger partial charge in [-0.3, -0.25) is 9.78 Å². The lowest BCUT2D eigenvalue weighted by Gasteiger charge is -2.05. The van der Waals surface area contributed by atoms with Crippen LogP contribution in [0.5, 0.6) is 0 Å².